The van der Waals surface area contributed by atoms with Crippen molar-refractivity contribution < 1.29 is 4.79 Å². The zero-order valence-electron chi connectivity index (χ0n) is 13.8. The molecule has 3 rings (SSSR count). The summed E-state index contributed by atoms with van der Waals surface area (Å²) in [6.45, 7) is 5.25. The first-order chi connectivity index (χ1) is 10.6. The smallest absolute Gasteiger partial charge is 0.233 e. The lowest BCUT2D eigenvalue weighted by Gasteiger charge is -2.44. The number of benzene rings is 1. The van der Waals surface area contributed by atoms with E-state index in [1.165, 1.54) is 54.5 Å². The van der Waals surface area contributed by atoms with E-state index in [1.54, 1.807) is 11.8 Å². The van der Waals surface area contributed by atoms with Crippen molar-refractivity contribution in [2.24, 2.45) is 5.92 Å². The average Bonchev–Trinajstić information content (AvgIpc) is 2.55. The van der Waals surface area contributed by atoms with E-state index in [1.807, 2.05) is 0 Å². The fourth-order valence-electron chi connectivity index (χ4n) is 3.97. The SMILES string of the molecule is Cc1ccc(SCC(=O)N2CCCC3CCCCC32)cc1C. The minimum Gasteiger partial charge on any atom is -0.339 e. The van der Waals surface area contributed by atoms with Crippen LogP contribution in [0.5, 0.6) is 0 Å². The number of hydrogen-bond donors (Lipinski definition) is 0. The summed E-state index contributed by atoms with van der Waals surface area (Å²) in [6.07, 6.45) is 7.75. The Kier molecular flexibility index (Phi) is 5.12. The van der Waals surface area contributed by atoms with Gasteiger partial charge in [0.1, 0.15) is 0 Å². The maximum Gasteiger partial charge on any atom is 0.233 e. The highest BCUT2D eigenvalue weighted by atomic mass is 32.2. The number of nitrogens with zero attached hydrogens (tertiary/aromatic N) is 1. The molecule has 0 spiro atoms. The fraction of sp³-hybridized carbons (Fsp3) is 0.632. The zero-order valence-corrected chi connectivity index (χ0v) is 14.6. The van der Waals surface area contributed by atoms with Gasteiger partial charge in [-0.15, -0.1) is 11.8 Å². The van der Waals surface area contributed by atoms with E-state index >= 15 is 0 Å². The molecule has 1 saturated heterocycles. The Morgan fingerprint density at radius 2 is 1.91 bits per heavy atom. The predicted octanol–water partition coefficient (Wildman–Crippen LogP) is 4.58. The molecule has 2 fully saturated rings. The first-order valence-electron chi connectivity index (χ1n) is 8.64. The molecule has 0 N–H and O–H groups in total. The highest BCUT2D eigenvalue weighted by Gasteiger charge is 2.35. The molecule has 1 heterocycles. The van der Waals surface area contributed by atoms with E-state index in [2.05, 4.69) is 36.9 Å². The van der Waals surface area contributed by atoms with E-state index in [9.17, 15) is 4.79 Å². The average molecular weight is 317 g/mol. The largest absolute Gasteiger partial charge is 0.339 e. The monoisotopic (exact) mass is 317 g/mol. The third kappa shape index (κ3) is 3.51. The Balaban J connectivity index is 1.59. The summed E-state index contributed by atoms with van der Waals surface area (Å²) < 4.78 is 0. The summed E-state index contributed by atoms with van der Waals surface area (Å²) in [4.78, 5) is 16.1. The summed E-state index contributed by atoms with van der Waals surface area (Å²) in [5, 5.41) is 0. The van der Waals surface area contributed by atoms with Gasteiger partial charge in [-0.1, -0.05) is 18.9 Å². The highest BCUT2D eigenvalue weighted by Crippen LogP contribution is 2.35. The molecule has 1 amide bonds. The molecular weight excluding hydrogens is 290 g/mol. The molecule has 2 aliphatic rings. The molecule has 22 heavy (non-hydrogen) atoms. The third-order valence-electron chi connectivity index (χ3n) is 5.40. The van der Waals surface area contributed by atoms with Gasteiger partial charge in [-0.25, -0.2) is 0 Å². The number of piperidine rings is 1. The Morgan fingerprint density at radius 3 is 2.73 bits per heavy atom. The number of rotatable bonds is 3. The number of fused-ring (bicyclic) bond motifs is 1. The summed E-state index contributed by atoms with van der Waals surface area (Å²) in [5.74, 6) is 1.71. The normalized spacial score (nSPS) is 24.9. The molecule has 1 aliphatic heterocycles. The van der Waals surface area contributed by atoms with Crippen LogP contribution in [-0.2, 0) is 4.79 Å². The molecule has 3 heteroatoms. The molecule has 1 aromatic carbocycles. The van der Waals surface area contributed by atoms with Crippen molar-refractivity contribution in [2.75, 3.05) is 12.3 Å². The van der Waals surface area contributed by atoms with Crippen LogP contribution in [0.15, 0.2) is 23.1 Å². The Labute approximate surface area is 138 Å². The molecule has 120 valence electrons. The third-order valence-corrected chi connectivity index (χ3v) is 6.38. The van der Waals surface area contributed by atoms with E-state index in [4.69, 9.17) is 0 Å². The fourth-order valence-corrected chi connectivity index (χ4v) is 4.85. The van der Waals surface area contributed by atoms with Crippen molar-refractivity contribution in [3.8, 4) is 0 Å². The van der Waals surface area contributed by atoms with Gasteiger partial charge in [0.2, 0.25) is 5.91 Å². The quantitative estimate of drug-likeness (QED) is 0.761. The van der Waals surface area contributed by atoms with Crippen molar-refractivity contribution in [2.45, 2.75) is 63.3 Å². The Hall–Kier alpha value is -0.960. The minimum absolute atomic E-state index is 0.347. The second kappa shape index (κ2) is 7.08. The first kappa shape index (κ1) is 15.9. The van der Waals surface area contributed by atoms with Crippen LogP contribution in [0, 0.1) is 19.8 Å². The van der Waals surface area contributed by atoms with Crippen molar-refractivity contribution in [1.82, 2.24) is 4.90 Å². The van der Waals surface area contributed by atoms with Crippen LogP contribution in [0.1, 0.15) is 49.7 Å². The van der Waals surface area contributed by atoms with E-state index in [0.717, 1.165) is 12.5 Å². The van der Waals surface area contributed by atoms with Crippen LogP contribution in [0.3, 0.4) is 0 Å². The molecule has 2 unspecified atom stereocenters. The summed E-state index contributed by atoms with van der Waals surface area (Å²) in [7, 11) is 0. The number of amides is 1. The van der Waals surface area contributed by atoms with E-state index < -0.39 is 0 Å². The molecule has 2 atom stereocenters. The highest BCUT2D eigenvalue weighted by molar-refractivity contribution is 8.00. The van der Waals surface area contributed by atoms with Crippen molar-refractivity contribution >= 4 is 17.7 Å². The van der Waals surface area contributed by atoms with Gasteiger partial charge >= 0.3 is 0 Å². The molecule has 0 aromatic heterocycles. The molecule has 0 radical (unpaired) electrons. The van der Waals surface area contributed by atoms with E-state index in [0.29, 0.717) is 17.7 Å². The maximum atomic E-state index is 12.7. The van der Waals surface area contributed by atoms with Crippen LogP contribution < -0.4 is 0 Å². The molecule has 1 aliphatic carbocycles. The maximum absolute atomic E-state index is 12.7. The Morgan fingerprint density at radius 1 is 1.14 bits per heavy atom. The molecule has 2 nitrogen and oxygen atoms in total. The number of aryl methyl sites for hydroxylation is 2. The van der Waals surface area contributed by atoms with Crippen LogP contribution in [-0.4, -0.2) is 29.1 Å². The molecule has 1 saturated carbocycles. The zero-order chi connectivity index (χ0) is 15.5. The molecule has 1 aromatic rings. The lowest BCUT2D eigenvalue weighted by Crippen LogP contribution is -2.50. The van der Waals surface area contributed by atoms with Crippen molar-refractivity contribution in [3.05, 3.63) is 29.3 Å². The number of hydrogen-bond acceptors (Lipinski definition) is 2. The number of carbonyl (C=O) groups excluding carboxylic acids is 1. The second-order valence-corrected chi connectivity index (χ2v) is 7.92. The Bertz CT molecular complexity index is 540. The topological polar surface area (TPSA) is 20.3 Å². The molecule has 0 bridgehead atoms. The minimum atomic E-state index is 0.347. The van der Waals surface area contributed by atoms with E-state index in [-0.39, 0.29) is 0 Å². The van der Waals surface area contributed by atoms with Gasteiger partial charge in [0.05, 0.1) is 5.75 Å². The number of carbonyl (C=O) groups is 1. The number of likely N-dealkylation sites (tertiary alicyclic amines) is 1. The van der Waals surface area contributed by atoms with Gasteiger partial charge in [-0.2, -0.15) is 0 Å². The van der Waals surface area contributed by atoms with Crippen molar-refractivity contribution in [1.29, 1.82) is 0 Å². The lowest BCUT2D eigenvalue weighted by molar-refractivity contribution is -0.134. The van der Waals surface area contributed by atoms with Gasteiger partial charge in [0.15, 0.2) is 0 Å². The van der Waals surface area contributed by atoms with Gasteiger partial charge in [0.25, 0.3) is 0 Å². The first-order valence-corrected chi connectivity index (χ1v) is 9.63. The lowest BCUT2D eigenvalue weighted by atomic mass is 9.78. The van der Waals surface area contributed by atoms with Crippen molar-refractivity contribution in [3.63, 3.8) is 0 Å². The second-order valence-electron chi connectivity index (χ2n) is 6.88. The summed E-state index contributed by atoms with van der Waals surface area (Å²) in [6, 6.07) is 7.03. The summed E-state index contributed by atoms with van der Waals surface area (Å²) >= 11 is 1.69. The summed E-state index contributed by atoms with van der Waals surface area (Å²) in [5.41, 5.74) is 2.62. The van der Waals surface area contributed by atoms with Gasteiger partial charge < -0.3 is 4.90 Å². The number of thioether (sulfide) groups is 1. The van der Waals surface area contributed by atoms with Crippen LogP contribution in [0.25, 0.3) is 0 Å². The standard InChI is InChI=1S/C19H27NOS/c1-14-9-10-17(12-15(14)2)22-13-19(21)20-11-5-7-16-6-3-4-8-18(16)20/h9-10,12,16,18H,3-8,11,13H2,1-2H3. The van der Waals surface area contributed by atoms with Gasteiger partial charge in [-0.3, -0.25) is 4.79 Å². The van der Waals surface area contributed by atoms with Gasteiger partial charge in [0, 0.05) is 17.5 Å². The van der Waals surface area contributed by atoms with Crippen LogP contribution in [0.4, 0.5) is 0 Å². The van der Waals surface area contributed by atoms with Crippen LogP contribution in [0.2, 0.25) is 0 Å². The van der Waals surface area contributed by atoms with Crippen LogP contribution >= 0.6 is 11.8 Å². The van der Waals surface area contributed by atoms with Gasteiger partial charge in [-0.05, 0) is 68.7 Å². The molecular formula is C19H27NOS. The predicted molar refractivity (Wildman–Crippen MR) is 93.3 cm³/mol.